The van der Waals surface area contributed by atoms with Crippen LogP contribution in [-0.4, -0.2) is 5.91 Å². The number of hydrogen-bond acceptors (Lipinski definition) is 3. The number of furan rings is 1. The zero-order chi connectivity index (χ0) is 20.4. The molecule has 0 aliphatic rings. The van der Waals surface area contributed by atoms with Crippen molar-refractivity contribution < 1.29 is 35.9 Å². The molecule has 28 heavy (non-hydrogen) atoms. The van der Waals surface area contributed by atoms with E-state index in [0.717, 1.165) is 5.56 Å². The molecule has 0 saturated heterocycles. The Morgan fingerprint density at radius 3 is 2.25 bits per heavy atom. The molecule has 0 spiro atoms. The number of benzene rings is 2. The van der Waals surface area contributed by atoms with Crippen molar-refractivity contribution in [2.75, 3.05) is 5.32 Å². The van der Waals surface area contributed by atoms with Crippen molar-refractivity contribution in [2.24, 2.45) is 0 Å². The minimum atomic E-state index is -2.32. The number of halogens is 5. The molecule has 0 aliphatic heterocycles. The molecule has 2 aromatic carbocycles. The molecule has 0 fully saturated rings. The van der Waals surface area contributed by atoms with Crippen LogP contribution in [-0.2, 0) is 6.61 Å². The fourth-order valence-corrected chi connectivity index (χ4v) is 2.33. The molecule has 0 radical (unpaired) electrons. The molecule has 3 rings (SSSR count). The molecule has 0 atom stereocenters. The Kier molecular flexibility index (Phi) is 5.34. The largest absolute Gasteiger partial charge is 0.486 e. The number of nitrogens with one attached hydrogen (secondary N) is 1. The fourth-order valence-electron chi connectivity index (χ4n) is 2.33. The number of hydrogen-bond donors (Lipinski definition) is 1. The van der Waals surface area contributed by atoms with Gasteiger partial charge in [0, 0.05) is 0 Å². The van der Waals surface area contributed by atoms with Crippen LogP contribution in [0.5, 0.6) is 5.75 Å². The third-order valence-electron chi connectivity index (χ3n) is 3.70. The van der Waals surface area contributed by atoms with Gasteiger partial charge in [-0.1, -0.05) is 12.1 Å². The maximum absolute atomic E-state index is 13.6. The second kappa shape index (κ2) is 7.71. The maximum Gasteiger partial charge on any atom is 0.291 e. The lowest BCUT2D eigenvalue weighted by molar-refractivity contribution is 0.0991. The number of amides is 1. The van der Waals surface area contributed by atoms with E-state index in [1.807, 2.05) is 13.0 Å². The number of rotatable bonds is 5. The molecule has 146 valence electrons. The van der Waals surface area contributed by atoms with Gasteiger partial charge in [0.2, 0.25) is 5.82 Å². The van der Waals surface area contributed by atoms with Gasteiger partial charge in [-0.25, -0.2) is 22.0 Å². The highest BCUT2D eigenvalue weighted by Gasteiger charge is 2.27. The van der Waals surface area contributed by atoms with Gasteiger partial charge >= 0.3 is 0 Å². The summed E-state index contributed by atoms with van der Waals surface area (Å²) >= 11 is 0. The van der Waals surface area contributed by atoms with Gasteiger partial charge < -0.3 is 14.5 Å². The predicted octanol–water partition coefficient (Wildman–Crippen LogP) is 5.11. The molecule has 1 heterocycles. The quantitative estimate of drug-likeness (QED) is 0.370. The SMILES string of the molecule is Cc1cccc(OCc2ccc(C(=O)Nc3c(F)c(F)c(F)c(F)c3F)o2)c1. The first-order chi connectivity index (χ1) is 13.3. The molecule has 0 unspecified atom stereocenters. The summed E-state index contributed by atoms with van der Waals surface area (Å²) in [5.41, 5.74) is -0.491. The summed E-state index contributed by atoms with van der Waals surface area (Å²) < 4.78 is 77.4. The van der Waals surface area contributed by atoms with Crippen LogP contribution in [0.1, 0.15) is 21.9 Å². The van der Waals surface area contributed by atoms with Crippen molar-refractivity contribution in [1.29, 1.82) is 0 Å². The normalized spacial score (nSPS) is 10.8. The summed E-state index contributed by atoms with van der Waals surface area (Å²) in [7, 11) is 0. The average molecular weight is 397 g/mol. The van der Waals surface area contributed by atoms with E-state index in [1.54, 1.807) is 23.5 Å². The van der Waals surface area contributed by atoms with Crippen LogP contribution in [0.2, 0.25) is 0 Å². The van der Waals surface area contributed by atoms with Gasteiger partial charge in [-0.05, 0) is 36.8 Å². The zero-order valence-electron chi connectivity index (χ0n) is 14.3. The standard InChI is InChI=1S/C19H12F5NO3/c1-9-3-2-4-10(7-9)27-8-11-5-6-12(28-11)19(26)25-18-16(23)14(21)13(20)15(22)17(18)24/h2-7H,8H2,1H3,(H,25,26). The van der Waals surface area contributed by atoms with Crippen LogP contribution in [0.25, 0.3) is 0 Å². The van der Waals surface area contributed by atoms with Crippen LogP contribution < -0.4 is 10.1 Å². The molecule has 1 aromatic heterocycles. The second-order valence-corrected chi connectivity index (χ2v) is 5.77. The first-order valence-corrected chi connectivity index (χ1v) is 7.89. The highest BCUT2D eigenvalue weighted by molar-refractivity contribution is 6.02. The van der Waals surface area contributed by atoms with Crippen LogP contribution >= 0.6 is 0 Å². The number of carbonyl (C=O) groups is 1. The fraction of sp³-hybridized carbons (Fsp3) is 0.105. The van der Waals surface area contributed by atoms with E-state index in [1.165, 1.54) is 12.1 Å². The first kappa shape index (κ1) is 19.4. The monoisotopic (exact) mass is 397 g/mol. The summed E-state index contributed by atoms with van der Waals surface area (Å²) in [5, 5.41) is 1.63. The number of anilines is 1. The number of ether oxygens (including phenoxy) is 1. The molecule has 0 bridgehead atoms. The number of carbonyl (C=O) groups excluding carboxylic acids is 1. The first-order valence-electron chi connectivity index (χ1n) is 7.89. The van der Waals surface area contributed by atoms with Crippen LogP contribution in [0.3, 0.4) is 0 Å². The third kappa shape index (κ3) is 3.83. The minimum absolute atomic E-state index is 0.0424. The molecule has 3 aromatic rings. The molecule has 9 heteroatoms. The zero-order valence-corrected chi connectivity index (χ0v) is 14.3. The Bertz CT molecular complexity index is 1020. The Morgan fingerprint density at radius 1 is 0.964 bits per heavy atom. The van der Waals surface area contributed by atoms with Crippen LogP contribution in [0, 0.1) is 36.0 Å². The van der Waals surface area contributed by atoms with E-state index in [-0.39, 0.29) is 12.4 Å². The Labute approximate surface area is 155 Å². The predicted molar refractivity (Wildman–Crippen MR) is 88.4 cm³/mol. The Morgan fingerprint density at radius 2 is 1.61 bits per heavy atom. The average Bonchev–Trinajstić information content (AvgIpc) is 3.16. The van der Waals surface area contributed by atoms with Gasteiger partial charge in [-0.15, -0.1) is 0 Å². The van der Waals surface area contributed by atoms with Gasteiger partial charge in [0.15, 0.2) is 29.0 Å². The van der Waals surface area contributed by atoms with Gasteiger partial charge in [0.1, 0.15) is 23.8 Å². The molecular formula is C19H12F5NO3. The molecule has 0 saturated carbocycles. The summed E-state index contributed by atoms with van der Waals surface area (Å²) in [5.74, 6) is -11.8. The molecule has 1 amide bonds. The van der Waals surface area contributed by atoms with Gasteiger partial charge in [-0.3, -0.25) is 4.79 Å². The highest BCUT2D eigenvalue weighted by atomic mass is 19.2. The second-order valence-electron chi connectivity index (χ2n) is 5.77. The minimum Gasteiger partial charge on any atom is -0.486 e. The van der Waals surface area contributed by atoms with E-state index in [0.29, 0.717) is 5.75 Å². The summed E-state index contributed by atoms with van der Waals surface area (Å²) in [6.45, 7) is 1.83. The molecule has 0 aliphatic carbocycles. The summed E-state index contributed by atoms with van der Waals surface area (Å²) in [6, 6.07) is 9.71. The van der Waals surface area contributed by atoms with E-state index < -0.39 is 46.4 Å². The maximum atomic E-state index is 13.6. The van der Waals surface area contributed by atoms with Crippen LogP contribution in [0.15, 0.2) is 40.8 Å². The number of aryl methyl sites for hydroxylation is 1. The molecular weight excluding hydrogens is 385 g/mol. The smallest absolute Gasteiger partial charge is 0.291 e. The van der Waals surface area contributed by atoms with E-state index in [4.69, 9.17) is 9.15 Å². The molecule has 1 N–H and O–H groups in total. The lowest BCUT2D eigenvalue weighted by Crippen LogP contribution is -2.16. The molecule has 4 nitrogen and oxygen atoms in total. The van der Waals surface area contributed by atoms with Crippen molar-refractivity contribution in [1.82, 2.24) is 0 Å². The van der Waals surface area contributed by atoms with E-state index in [9.17, 15) is 26.7 Å². The lowest BCUT2D eigenvalue weighted by atomic mass is 10.2. The van der Waals surface area contributed by atoms with Crippen molar-refractivity contribution in [3.05, 3.63) is 82.6 Å². The van der Waals surface area contributed by atoms with Gasteiger partial charge in [-0.2, -0.15) is 0 Å². The Hall–Kier alpha value is -3.36. The Balaban J connectivity index is 1.73. The van der Waals surface area contributed by atoms with Crippen molar-refractivity contribution in [2.45, 2.75) is 13.5 Å². The van der Waals surface area contributed by atoms with E-state index >= 15 is 0 Å². The summed E-state index contributed by atoms with van der Waals surface area (Å²) in [4.78, 5) is 12.0. The van der Waals surface area contributed by atoms with E-state index in [2.05, 4.69) is 0 Å². The van der Waals surface area contributed by atoms with Gasteiger partial charge in [0.05, 0.1) is 0 Å². The third-order valence-corrected chi connectivity index (χ3v) is 3.70. The van der Waals surface area contributed by atoms with Gasteiger partial charge in [0.25, 0.3) is 5.91 Å². The topological polar surface area (TPSA) is 51.5 Å². The van der Waals surface area contributed by atoms with Crippen molar-refractivity contribution in [3.63, 3.8) is 0 Å². The van der Waals surface area contributed by atoms with Crippen molar-refractivity contribution >= 4 is 11.6 Å². The van der Waals surface area contributed by atoms with Crippen LogP contribution in [0.4, 0.5) is 27.6 Å². The lowest BCUT2D eigenvalue weighted by Gasteiger charge is -2.08. The highest BCUT2D eigenvalue weighted by Crippen LogP contribution is 2.27. The van der Waals surface area contributed by atoms with Crippen molar-refractivity contribution in [3.8, 4) is 5.75 Å². The summed E-state index contributed by atoms with van der Waals surface area (Å²) in [6.07, 6.45) is 0.